The Morgan fingerprint density at radius 1 is 0.281 bits per heavy atom. The van der Waals surface area contributed by atoms with Crippen molar-refractivity contribution in [2.75, 3.05) is 42.7 Å². The highest BCUT2D eigenvalue weighted by Crippen LogP contribution is 2.35. The summed E-state index contributed by atoms with van der Waals surface area (Å²) in [5.41, 5.74) is 5.95. The standard InChI is InChI=1S/C20H20O6.C19H18O5.C18H18O6.C17H16O5/c1-25-18-10-13(5-8-17(18)23)3-6-16(22)7-4-14-9-15(12-21)20(24)19(11-14)26-2;1-24-19-11-14(5-9-18(19)23)3-7-16(21)6-2-13-4-8-17(22)15(10-13)12-20;1-23-16-7-11(4-6-15(16)21)3-5-14(20)12-8-13(10-19)18(22)17(9-12)24-2;1-22-17-8-11(3-6-16(17)21)2-5-14(19)12-4-7-15(20)13(9-12)10-18/h3-11,21,23-24H,12H2,1-2H3;2-11,20,22-23H,12H2,1H3;3-9,19,21-22H,10H2,1-2H3;2-9,18,20-21H,10H2,1H3/b6-3+,7-4+;6-2+,7-3+;5-3+;5-2+. The Labute approximate surface area is 552 Å². The first-order chi connectivity index (χ1) is 46.0. The smallest absolute Gasteiger partial charge is 0.186 e. The van der Waals surface area contributed by atoms with E-state index in [1.165, 1.54) is 140 Å². The Morgan fingerprint density at radius 3 is 0.906 bits per heavy atom. The molecular formula is C74H72O22. The van der Waals surface area contributed by atoms with Crippen LogP contribution in [0.1, 0.15) is 76.4 Å². The number of rotatable bonds is 24. The number of hydrogen-bond donors (Lipinski definition) is 12. The zero-order valence-corrected chi connectivity index (χ0v) is 52.9. The van der Waals surface area contributed by atoms with Crippen LogP contribution in [0.5, 0.6) is 80.5 Å². The summed E-state index contributed by atoms with van der Waals surface area (Å²) in [4.78, 5) is 48.3. The third-order valence-corrected chi connectivity index (χ3v) is 13.6. The van der Waals surface area contributed by atoms with Crippen LogP contribution in [-0.4, -0.2) is 127 Å². The molecule has 22 heteroatoms. The first kappa shape index (κ1) is 74.6. The van der Waals surface area contributed by atoms with E-state index in [1.807, 2.05) is 0 Å². The molecule has 8 rings (SSSR count). The Morgan fingerprint density at radius 2 is 0.542 bits per heavy atom. The highest BCUT2D eigenvalue weighted by Gasteiger charge is 2.15. The molecule has 0 unspecified atom stereocenters. The van der Waals surface area contributed by atoms with Gasteiger partial charge in [0, 0.05) is 33.4 Å². The lowest BCUT2D eigenvalue weighted by molar-refractivity contribution is -0.111. The number of aromatic hydroxyl groups is 8. The predicted octanol–water partition coefficient (Wildman–Crippen LogP) is 10.8. The van der Waals surface area contributed by atoms with Crippen LogP contribution in [0.25, 0.3) is 36.5 Å². The molecule has 8 aromatic carbocycles. The van der Waals surface area contributed by atoms with E-state index in [0.717, 1.165) is 5.56 Å². The van der Waals surface area contributed by atoms with Crippen molar-refractivity contribution in [2.45, 2.75) is 26.4 Å². The number of ketones is 4. The fourth-order valence-corrected chi connectivity index (χ4v) is 8.40. The third kappa shape index (κ3) is 22.1. The van der Waals surface area contributed by atoms with Crippen molar-refractivity contribution in [1.29, 1.82) is 0 Å². The number of aliphatic hydroxyl groups is 4. The molecule has 0 aliphatic heterocycles. The molecule has 0 amide bonds. The zero-order chi connectivity index (χ0) is 70.4. The lowest BCUT2D eigenvalue weighted by atomic mass is 10.0. The molecule has 96 heavy (non-hydrogen) atoms. The van der Waals surface area contributed by atoms with Crippen LogP contribution in [0.2, 0.25) is 0 Å². The first-order valence-electron chi connectivity index (χ1n) is 28.7. The van der Waals surface area contributed by atoms with Crippen LogP contribution in [0, 0.1) is 0 Å². The molecule has 0 aliphatic rings. The van der Waals surface area contributed by atoms with Gasteiger partial charge >= 0.3 is 0 Å². The van der Waals surface area contributed by atoms with Gasteiger partial charge in [-0.1, -0.05) is 66.8 Å². The third-order valence-electron chi connectivity index (χ3n) is 13.6. The Hall–Kier alpha value is -12.1. The van der Waals surface area contributed by atoms with Crippen molar-refractivity contribution in [1.82, 2.24) is 0 Å². The maximum absolute atomic E-state index is 12.3. The average molecular weight is 1310 g/mol. The lowest BCUT2D eigenvalue weighted by Gasteiger charge is -2.09. The van der Waals surface area contributed by atoms with E-state index in [0.29, 0.717) is 73.1 Å². The molecule has 0 fully saturated rings. The van der Waals surface area contributed by atoms with Gasteiger partial charge in [0.1, 0.15) is 11.5 Å². The van der Waals surface area contributed by atoms with Gasteiger partial charge in [-0.3, -0.25) is 19.2 Å². The minimum Gasteiger partial charge on any atom is -0.508 e. The zero-order valence-electron chi connectivity index (χ0n) is 52.9. The van der Waals surface area contributed by atoms with E-state index in [4.69, 9.17) is 38.6 Å². The first-order valence-corrected chi connectivity index (χ1v) is 28.7. The molecule has 0 atom stereocenters. The fraction of sp³-hybridized carbons (Fsp3) is 0.135. The molecule has 500 valence electrons. The Kier molecular flexibility index (Phi) is 29.1. The number of phenolic OH excluding ortho intramolecular Hbond substituents is 4. The molecule has 0 heterocycles. The van der Waals surface area contributed by atoms with Crippen LogP contribution in [-0.2, 0) is 36.0 Å². The van der Waals surface area contributed by atoms with Gasteiger partial charge in [0.15, 0.2) is 92.1 Å². The lowest BCUT2D eigenvalue weighted by Crippen LogP contribution is -1.99. The number of ether oxygens (including phenoxy) is 6. The number of hydrogen-bond acceptors (Lipinski definition) is 22. The number of phenols is 8. The quantitative estimate of drug-likeness (QED) is 0.0197. The van der Waals surface area contributed by atoms with E-state index in [2.05, 4.69) is 0 Å². The van der Waals surface area contributed by atoms with Gasteiger partial charge in [-0.2, -0.15) is 0 Å². The summed E-state index contributed by atoms with van der Waals surface area (Å²) in [5.74, 6) is 0.298. The van der Waals surface area contributed by atoms with Crippen LogP contribution in [0.4, 0.5) is 0 Å². The molecule has 0 spiro atoms. The molecule has 12 N–H and O–H groups in total. The summed E-state index contributed by atoms with van der Waals surface area (Å²) in [6, 6.07) is 33.9. The van der Waals surface area contributed by atoms with Gasteiger partial charge < -0.3 is 89.7 Å². The molecule has 0 aromatic heterocycles. The highest BCUT2D eigenvalue weighted by atomic mass is 16.5. The van der Waals surface area contributed by atoms with E-state index >= 15 is 0 Å². The molecule has 0 aliphatic carbocycles. The fourth-order valence-electron chi connectivity index (χ4n) is 8.40. The summed E-state index contributed by atoms with van der Waals surface area (Å²) < 4.78 is 30.1. The average Bonchev–Trinajstić information content (AvgIpc) is 0.865. The van der Waals surface area contributed by atoms with E-state index < -0.39 is 6.61 Å². The molecule has 8 aromatic rings. The van der Waals surface area contributed by atoms with E-state index in [-0.39, 0.29) is 112 Å². The highest BCUT2D eigenvalue weighted by molar-refractivity contribution is 6.08. The monoisotopic (exact) mass is 1310 g/mol. The van der Waals surface area contributed by atoms with Gasteiger partial charge in [-0.15, -0.1) is 0 Å². The van der Waals surface area contributed by atoms with Gasteiger partial charge in [0.2, 0.25) is 0 Å². The number of carbonyl (C=O) groups is 4. The van der Waals surface area contributed by atoms with Crippen molar-refractivity contribution in [3.8, 4) is 80.5 Å². The SMILES string of the molecule is COc1cc(/C=C/C(=O)/C=C/c2cc(CO)c(O)c(OC)c2)ccc1O.COc1cc(/C=C/C(=O)/C=C/c2ccc(O)c(CO)c2)ccc1O.COc1cc(/C=C/C(=O)c2cc(CO)c(O)c(OC)c2)ccc1O.COc1cc(/C=C/C(=O)c2ccc(O)c(CO)c2)ccc1O. The summed E-state index contributed by atoms with van der Waals surface area (Å²) >= 11 is 0. The number of aliphatic hydroxyl groups excluding tert-OH is 4. The van der Waals surface area contributed by atoms with E-state index in [1.54, 1.807) is 109 Å². The van der Waals surface area contributed by atoms with Crippen LogP contribution < -0.4 is 28.4 Å². The Balaban J connectivity index is 0.000000232. The number of carbonyl (C=O) groups excluding carboxylic acids is 4. The van der Waals surface area contributed by atoms with Crippen molar-refractivity contribution >= 4 is 59.6 Å². The summed E-state index contributed by atoms with van der Waals surface area (Å²) in [6.07, 6.45) is 17.8. The van der Waals surface area contributed by atoms with Gasteiger partial charge in [-0.25, -0.2) is 0 Å². The molecule has 0 saturated heterocycles. The second-order valence-electron chi connectivity index (χ2n) is 20.0. The number of allylic oxidation sites excluding steroid dienone is 6. The molecule has 0 saturated carbocycles. The topological polar surface area (TPSA) is 366 Å². The molecular weight excluding hydrogens is 1240 g/mol. The van der Waals surface area contributed by atoms with Gasteiger partial charge in [0.25, 0.3) is 0 Å². The van der Waals surface area contributed by atoms with Crippen molar-refractivity contribution in [3.63, 3.8) is 0 Å². The molecule has 0 bridgehead atoms. The van der Waals surface area contributed by atoms with Crippen LogP contribution in [0.3, 0.4) is 0 Å². The van der Waals surface area contributed by atoms with Crippen LogP contribution >= 0.6 is 0 Å². The van der Waals surface area contributed by atoms with Crippen LogP contribution in [0.15, 0.2) is 170 Å². The van der Waals surface area contributed by atoms with Gasteiger partial charge in [0.05, 0.1) is 69.1 Å². The minimum absolute atomic E-state index is 0.0110. The van der Waals surface area contributed by atoms with Crippen molar-refractivity contribution < 1.29 is 109 Å². The number of benzene rings is 8. The molecule has 0 radical (unpaired) electrons. The summed E-state index contributed by atoms with van der Waals surface area (Å²) in [6.45, 7) is -1.38. The van der Waals surface area contributed by atoms with Gasteiger partial charge in [-0.05, 0) is 173 Å². The predicted molar refractivity (Wildman–Crippen MR) is 361 cm³/mol. The second kappa shape index (κ2) is 37.4. The maximum atomic E-state index is 12.3. The minimum atomic E-state index is -0.414. The molecule has 22 nitrogen and oxygen atoms in total. The van der Waals surface area contributed by atoms with Crippen molar-refractivity contribution in [3.05, 3.63) is 237 Å². The summed E-state index contributed by atoms with van der Waals surface area (Å²) in [5, 5.41) is 114. The number of methoxy groups -OCH3 is 6. The maximum Gasteiger partial charge on any atom is 0.186 e. The van der Waals surface area contributed by atoms with E-state index in [9.17, 15) is 70.2 Å². The largest absolute Gasteiger partial charge is 0.508 e. The Bertz CT molecular complexity index is 4100. The van der Waals surface area contributed by atoms with Crippen molar-refractivity contribution in [2.24, 2.45) is 0 Å². The summed E-state index contributed by atoms with van der Waals surface area (Å²) in [7, 11) is 8.55. The normalized spacial score (nSPS) is 11.0. The second-order valence-corrected chi connectivity index (χ2v) is 20.0.